The van der Waals surface area contributed by atoms with Gasteiger partial charge in [-0.1, -0.05) is 24.3 Å². The van der Waals surface area contributed by atoms with Crippen LogP contribution in [0.3, 0.4) is 0 Å². The Hall–Kier alpha value is -1.15. The summed E-state index contributed by atoms with van der Waals surface area (Å²) in [5, 5.41) is 0. The Morgan fingerprint density at radius 1 is 1.33 bits per heavy atom. The van der Waals surface area contributed by atoms with Gasteiger partial charge in [0.1, 0.15) is 0 Å². The zero-order valence-electron chi connectivity index (χ0n) is 11.7. The maximum absolute atomic E-state index is 12.2. The number of Topliss-reactive ketones (excluding diaryl/α,β-unsaturated/α-hetero) is 1. The molecule has 1 fully saturated rings. The van der Waals surface area contributed by atoms with Crippen molar-refractivity contribution in [1.82, 2.24) is 4.90 Å². The molecule has 1 heterocycles. The Morgan fingerprint density at radius 3 is 2.67 bits per heavy atom. The fourth-order valence-electron chi connectivity index (χ4n) is 2.83. The van der Waals surface area contributed by atoms with Gasteiger partial charge in [0.05, 0.1) is 0 Å². The molecule has 2 nitrogen and oxygen atoms in total. The molecular weight excluding hydrogens is 222 g/mol. The summed E-state index contributed by atoms with van der Waals surface area (Å²) in [7, 11) is 0. The second kappa shape index (κ2) is 5.23. The van der Waals surface area contributed by atoms with Crippen LogP contribution in [0.5, 0.6) is 0 Å². The third-order valence-electron chi connectivity index (χ3n) is 4.13. The number of benzene rings is 1. The molecular formula is C16H23NO. The lowest BCUT2D eigenvalue weighted by Gasteiger charge is -2.31. The zero-order valence-corrected chi connectivity index (χ0v) is 11.7. The highest BCUT2D eigenvalue weighted by molar-refractivity contribution is 5.97. The minimum Gasteiger partial charge on any atom is -0.298 e. The molecule has 18 heavy (non-hydrogen) atoms. The molecule has 0 spiro atoms. The van der Waals surface area contributed by atoms with Crippen LogP contribution in [-0.4, -0.2) is 29.3 Å². The van der Waals surface area contributed by atoms with E-state index in [2.05, 4.69) is 18.7 Å². The number of hydrogen-bond acceptors (Lipinski definition) is 2. The quantitative estimate of drug-likeness (QED) is 0.757. The molecule has 0 bridgehead atoms. The van der Waals surface area contributed by atoms with Crippen molar-refractivity contribution in [2.75, 3.05) is 13.1 Å². The normalized spacial score (nSPS) is 19.1. The summed E-state index contributed by atoms with van der Waals surface area (Å²) in [4.78, 5) is 14.7. The van der Waals surface area contributed by atoms with Crippen LogP contribution in [0.15, 0.2) is 24.3 Å². The molecule has 0 aromatic heterocycles. The highest BCUT2D eigenvalue weighted by Gasteiger charge is 2.31. The number of aryl methyl sites for hydroxylation is 1. The number of hydrogen-bond donors (Lipinski definition) is 0. The minimum atomic E-state index is 0.270. The smallest absolute Gasteiger partial charge is 0.164 e. The van der Waals surface area contributed by atoms with Crippen molar-refractivity contribution in [1.29, 1.82) is 0 Å². The van der Waals surface area contributed by atoms with Crippen molar-refractivity contribution in [2.45, 2.75) is 45.6 Å². The van der Waals surface area contributed by atoms with Gasteiger partial charge in [-0.3, -0.25) is 9.69 Å². The first-order valence-corrected chi connectivity index (χ1v) is 6.84. The van der Waals surface area contributed by atoms with Crippen molar-refractivity contribution >= 4 is 5.78 Å². The Labute approximate surface area is 110 Å². The van der Waals surface area contributed by atoms with E-state index >= 15 is 0 Å². The molecule has 1 aliphatic heterocycles. The van der Waals surface area contributed by atoms with Gasteiger partial charge in [0, 0.05) is 24.1 Å². The number of carbonyl (C=O) groups excluding carboxylic acids is 1. The first kappa shape index (κ1) is 13.3. The van der Waals surface area contributed by atoms with Crippen LogP contribution in [0.25, 0.3) is 0 Å². The molecule has 1 aliphatic rings. The maximum Gasteiger partial charge on any atom is 0.164 e. The van der Waals surface area contributed by atoms with Crippen LogP contribution in [0.4, 0.5) is 0 Å². The molecule has 0 unspecified atom stereocenters. The zero-order chi connectivity index (χ0) is 13.2. The van der Waals surface area contributed by atoms with Gasteiger partial charge in [0.25, 0.3) is 0 Å². The van der Waals surface area contributed by atoms with Crippen LogP contribution < -0.4 is 0 Å². The van der Waals surface area contributed by atoms with E-state index in [1.165, 1.54) is 12.8 Å². The van der Waals surface area contributed by atoms with Crippen LogP contribution >= 0.6 is 0 Å². The molecule has 1 aromatic carbocycles. The molecule has 0 aliphatic carbocycles. The molecule has 0 amide bonds. The third-order valence-corrected chi connectivity index (χ3v) is 4.13. The maximum atomic E-state index is 12.2. The van der Waals surface area contributed by atoms with Crippen LogP contribution in [0, 0.1) is 6.92 Å². The number of carbonyl (C=O) groups is 1. The summed E-state index contributed by atoms with van der Waals surface area (Å²) in [5.74, 6) is 0.274. The highest BCUT2D eigenvalue weighted by Crippen LogP contribution is 2.28. The summed E-state index contributed by atoms with van der Waals surface area (Å²) >= 11 is 0. The summed E-state index contributed by atoms with van der Waals surface area (Å²) in [5.41, 5.74) is 2.24. The summed E-state index contributed by atoms with van der Waals surface area (Å²) in [6.45, 7) is 8.58. The predicted molar refractivity (Wildman–Crippen MR) is 75.0 cm³/mol. The highest BCUT2D eigenvalue weighted by atomic mass is 16.1. The number of likely N-dealkylation sites (tertiary alicyclic amines) is 1. The minimum absolute atomic E-state index is 0.270. The molecule has 1 saturated heterocycles. The second-order valence-electron chi connectivity index (χ2n) is 5.89. The molecule has 0 atom stereocenters. The fraction of sp³-hybridized carbons (Fsp3) is 0.562. The van der Waals surface area contributed by atoms with E-state index in [9.17, 15) is 4.79 Å². The summed E-state index contributed by atoms with van der Waals surface area (Å²) in [6, 6.07) is 7.87. The van der Waals surface area contributed by atoms with Gasteiger partial charge in [-0.15, -0.1) is 0 Å². The monoisotopic (exact) mass is 245 g/mol. The van der Waals surface area contributed by atoms with Crippen LogP contribution in [0.1, 0.15) is 49.0 Å². The van der Waals surface area contributed by atoms with Gasteiger partial charge in [-0.25, -0.2) is 0 Å². The van der Waals surface area contributed by atoms with E-state index in [1.54, 1.807) is 0 Å². The SMILES string of the molecule is Cc1ccccc1C(=O)CCN1CCCC1(C)C. The van der Waals surface area contributed by atoms with Gasteiger partial charge >= 0.3 is 0 Å². The van der Waals surface area contributed by atoms with Gasteiger partial charge in [-0.2, -0.15) is 0 Å². The fourth-order valence-corrected chi connectivity index (χ4v) is 2.83. The summed E-state index contributed by atoms with van der Waals surface area (Å²) < 4.78 is 0. The summed E-state index contributed by atoms with van der Waals surface area (Å²) in [6.07, 6.45) is 3.13. The molecule has 0 radical (unpaired) electrons. The Morgan fingerprint density at radius 2 is 2.06 bits per heavy atom. The molecule has 0 saturated carbocycles. The van der Waals surface area contributed by atoms with E-state index in [0.717, 1.165) is 24.2 Å². The molecule has 2 rings (SSSR count). The topological polar surface area (TPSA) is 20.3 Å². The lowest BCUT2D eigenvalue weighted by molar-refractivity contribution is 0.0941. The number of rotatable bonds is 4. The van der Waals surface area contributed by atoms with Crippen LogP contribution in [0.2, 0.25) is 0 Å². The first-order valence-electron chi connectivity index (χ1n) is 6.84. The molecule has 2 heteroatoms. The van der Waals surface area contributed by atoms with Crippen molar-refractivity contribution in [2.24, 2.45) is 0 Å². The van der Waals surface area contributed by atoms with Gasteiger partial charge in [0.2, 0.25) is 0 Å². The van der Waals surface area contributed by atoms with E-state index < -0.39 is 0 Å². The Kier molecular flexibility index (Phi) is 3.86. The van der Waals surface area contributed by atoms with Gasteiger partial charge < -0.3 is 0 Å². The van der Waals surface area contributed by atoms with E-state index in [4.69, 9.17) is 0 Å². The average Bonchev–Trinajstić information content (AvgIpc) is 2.66. The largest absolute Gasteiger partial charge is 0.298 e. The van der Waals surface area contributed by atoms with E-state index in [0.29, 0.717) is 6.42 Å². The lowest BCUT2D eigenvalue weighted by Crippen LogP contribution is -2.39. The van der Waals surface area contributed by atoms with Crippen molar-refractivity contribution in [3.05, 3.63) is 35.4 Å². The molecule has 98 valence electrons. The predicted octanol–water partition coefficient (Wildman–Crippen LogP) is 3.44. The lowest BCUT2D eigenvalue weighted by atomic mass is 10.00. The molecule has 0 N–H and O–H groups in total. The van der Waals surface area contributed by atoms with Crippen LogP contribution in [-0.2, 0) is 0 Å². The van der Waals surface area contributed by atoms with Crippen molar-refractivity contribution < 1.29 is 4.79 Å². The Balaban J connectivity index is 1.95. The van der Waals surface area contributed by atoms with E-state index in [1.807, 2.05) is 31.2 Å². The van der Waals surface area contributed by atoms with Crippen molar-refractivity contribution in [3.63, 3.8) is 0 Å². The van der Waals surface area contributed by atoms with E-state index in [-0.39, 0.29) is 11.3 Å². The standard InChI is InChI=1S/C16H23NO/c1-13-7-4-5-8-14(13)15(18)9-12-17-11-6-10-16(17,2)3/h4-5,7-8H,6,9-12H2,1-3H3. The van der Waals surface area contributed by atoms with Gasteiger partial charge in [-0.05, 0) is 45.7 Å². The Bertz CT molecular complexity index is 436. The third kappa shape index (κ3) is 2.81. The number of ketones is 1. The number of nitrogens with zero attached hydrogens (tertiary/aromatic N) is 1. The second-order valence-corrected chi connectivity index (χ2v) is 5.89. The van der Waals surface area contributed by atoms with Gasteiger partial charge in [0.15, 0.2) is 5.78 Å². The average molecular weight is 245 g/mol. The molecule has 1 aromatic rings. The van der Waals surface area contributed by atoms with Crippen molar-refractivity contribution in [3.8, 4) is 0 Å². The first-order chi connectivity index (χ1) is 8.50.